The van der Waals surface area contributed by atoms with Crippen LogP contribution in [-0.2, 0) is 17.7 Å². The molecule has 1 unspecified atom stereocenters. The number of benzene rings is 2. The fourth-order valence-corrected chi connectivity index (χ4v) is 4.03. The molecule has 160 valence electrons. The lowest BCUT2D eigenvalue weighted by Gasteiger charge is -2.22. The highest BCUT2D eigenvalue weighted by molar-refractivity contribution is 5.78. The van der Waals surface area contributed by atoms with Gasteiger partial charge in [-0.25, -0.2) is 0 Å². The fraction of sp³-hybridized carbons (Fsp3) is 0.400. The molecule has 1 heterocycles. The summed E-state index contributed by atoms with van der Waals surface area (Å²) in [6, 6.07) is 12.4. The summed E-state index contributed by atoms with van der Waals surface area (Å²) >= 11 is 0. The van der Waals surface area contributed by atoms with Crippen molar-refractivity contribution in [3.05, 3.63) is 76.0 Å². The Hall–Kier alpha value is -2.63. The molecule has 1 saturated heterocycles. The quantitative estimate of drug-likeness (QED) is 0.623. The minimum atomic E-state index is 0.315. The van der Waals surface area contributed by atoms with Crippen LogP contribution in [-0.4, -0.2) is 44.5 Å². The molecule has 30 heavy (non-hydrogen) atoms. The van der Waals surface area contributed by atoms with E-state index in [9.17, 15) is 4.79 Å². The second-order valence-electron chi connectivity index (χ2n) is 8.19. The smallest absolute Gasteiger partial charge is 0.150 e. The van der Waals surface area contributed by atoms with Crippen molar-refractivity contribution in [2.24, 2.45) is 5.73 Å². The molecule has 3 rings (SSSR count). The molecular formula is C25H33N3O2. The van der Waals surface area contributed by atoms with Crippen molar-refractivity contribution in [1.82, 2.24) is 10.2 Å². The molecular weight excluding hydrogens is 374 g/mol. The van der Waals surface area contributed by atoms with E-state index >= 15 is 0 Å². The first-order chi connectivity index (χ1) is 14.5. The first kappa shape index (κ1) is 22.1. The maximum atomic E-state index is 11.8. The first-order valence-corrected chi connectivity index (χ1v) is 10.6. The van der Waals surface area contributed by atoms with Gasteiger partial charge in [-0.05, 0) is 67.1 Å². The number of likely N-dealkylation sites (N-methyl/N-ethyl adjacent to an activating group) is 1. The van der Waals surface area contributed by atoms with E-state index in [4.69, 9.17) is 10.5 Å². The van der Waals surface area contributed by atoms with Crippen LogP contribution in [0.3, 0.4) is 0 Å². The van der Waals surface area contributed by atoms with Crippen LogP contribution in [0.25, 0.3) is 5.70 Å². The van der Waals surface area contributed by atoms with Gasteiger partial charge in [-0.1, -0.05) is 30.3 Å². The Bertz CT molecular complexity index is 884. The van der Waals surface area contributed by atoms with Crippen LogP contribution in [0.1, 0.15) is 51.0 Å². The molecule has 2 aromatic rings. The second kappa shape index (κ2) is 10.4. The van der Waals surface area contributed by atoms with E-state index in [-0.39, 0.29) is 0 Å². The number of rotatable bonds is 9. The Morgan fingerprint density at radius 1 is 1.27 bits per heavy atom. The third kappa shape index (κ3) is 5.71. The number of ether oxygens (including phenoxy) is 1. The molecule has 1 atom stereocenters. The van der Waals surface area contributed by atoms with Crippen molar-refractivity contribution in [2.75, 3.05) is 27.2 Å². The van der Waals surface area contributed by atoms with E-state index in [1.54, 1.807) is 6.20 Å². The summed E-state index contributed by atoms with van der Waals surface area (Å²) in [5.74, 6) is 0. The van der Waals surface area contributed by atoms with E-state index in [1.807, 2.05) is 25.2 Å². The van der Waals surface area contributed by atoms with Crippen molar-refractivity contribution >= 4 is 12.0 Å². The van der Waals surface area contributed by atoms with Crippen LogP contribution in [0.2, 0.25) is 0 Å². The Morgan fingerprint density at radius 2 is 2.03 bits per heavy atom. The van der Waals surface area contributed by atoms with Gasteiger partial charge in [-0.15, -0.1) is 0 Å². The lowest BCUT2D eigenvalue weighted by Crippen LogP contribution is -2.28. The second-order valence-corrected chi connectivity index (χ2v) is 8.19. The van der Waals surface area contributed by atoms with E-state index < -0.39 is 0 Å². The molecule has 5 nitrogen and oxygen atoms in total. The van der Waals surface area contributed by atoms with Crippen molar-refractivity contribution in [2.45, 2.75) is 38.8 Å². The highest BCUT2D eigenvalue weighted by atomic mass is 16.5. The number of nitrogens with zero attached hydrogens (tertiary/aromatic N) is 1. The predicted molar refractivity (Wildman–Crippen MR) is 122 cm³/mol. The van der Waals surface area contributed by atoms with Crippen LogP contribution in [0.4, 0.5) is 0 Å². The summed E-state index contributed by atoms with van der Waals surface area (Å²) in [5.41, 5.74) is 13.1. The highest BCUT2D eigenvalue weighted by Gasteiger charge is 2.18. The normalized spacial score (nSPS) is 16.8. The van der Waals surface area contributed by atoms with Crippen molar-refractivity contribution in [1.29, 1.82) is 0 Å². The number of hydrogen-bond acceptors (Lipinski definition) is 5. The zero-order valence-electron chi connectivity index (χ0n) is 18.3. The Labute approximate surface area is 179 Å². The summed E-state index contributed by atoms with van der Waals surface area (Å²) in [5, 5.41) is 2.95. The van der Waals surface area contributed by atoms with Crippen molar-refractivity contribution in [3.8, 4) is 0 Å². The average Bonchev–Trinajstić information content (AvgIpc) is 3.23. The molecule has 2 aromatic carbocycles. The van der Waals surface area contributed by atoms with E-state index in [2.05, 4.69) is 42.4 Å². The number of aldehydes is 1. The molecule has 0 amide bonds. The largest absolute Gasteiger partial charge is 0.397 e. The molecule has 0 spiro atoms. The zero-order valence-corrected chi connectivity index (χ0v) is 18.3. The molecule has 0 bridgehead atoms. The Balaban J connectivity index is 1.71. The average molecular weight is 408 g/mol. The van der Waals surface area contributed by atoms with Gasteiger partial charge in [-0.2, -0.15) is 0 Å². The van der Waals surface area contributed by atoms with Gasteiger partial charge in [0.05, 0.1) is 11.8 Å². The summed E-state index contributed by atoms with van der Waals surface area (Å²) < 4.78 is 5.74. The Kier molecular flexibility index (Phi) is 7.66. The standard InChI is InChI=1S/C25H33N3O2/c1-18-11-22(15-28(3)16-24-5-4-10-30-24)23(17-29)13-21(18)12-19-6-8-20(9-7-19)25(26)14-27-2/h6-9,11,13-14,17,24,27H,4-5,10,12,15-16,26H2,1-3H3/b25-14-. The van der Waals surface area contributed by atoms with E-state index in [0.717, 1.165) is 61.9 Å². The van der Waals surface area contributed by atoms with Crippen LogP contribution >= 0.6 is 0 Å². The molecule has 0 aromatic heterocycles. The molecule has 0 radical (unpaired) electrons. The summed E-state index contributed by atoms with van der Waals surface area (Å²) in [7, 11) is 3.92. The van der Waals surface area contributed by atoms with Gasteiger partial charge in [0.25, 0.3) is 0 Å². The van der Waals surface area contributed by atoms with Crippen molar-refractivity contribution < 1.29 is 9.53 Å². The molecule has 0 aliphatic carbocycles. The number of hydrogen-bond donors (Lipinski definition) is 2. The van der Waals surface area contributed by atoms with Gasteiger partial charge in [0.15, 0.2) is 0 Å². The number of carbonyl (C=O) groups excluding carboxylic acids is 1. The highest BCUT2D eigenvalue weighted by Crippen LogP contribution is 2.22. The molecule has 1 fully saturated rings. The number of aryl methyl sites for hydroxylation is 1. The van der Waals surface area contributed by atoms with Gasteiger partial charge < -0.3 is 15.8 Å². The van der Waals surface area contributed by atoms with Crippen LogP contribution in [0, 0.1) is 6.92 Å². The lowest BCUT2D eigenvalue weighted by atomic mass is 9.94. The number of carbonyl (C=O) groups is 1. The minimum absolute atomic E-state index is 0.315. The number of nitrogens with two attached hydrogens (primary N) is 1. The minimum Gasteiger partial charge on any atom is -0.397 e. The molecule has 1 aliphatic heterocycles. The van der Waals surface area contributed by atoms with Gasteiger partial charge in [0.2, 0.25) is 0 Å². The van der Waals surface area contributed by atoms with Crippen LogP contribution < -0.4 is 11.1 Å². The van der Waals surface area contributed by atoms with Crippen molar-refractivity contribution in [3.63, 3.8) is 0 Å². The van der Waals surface area contributed by atoms with E-state index in [0.29, 0.717) is 11.8 Å². The molecule has 5 heteroatoms. The van der Waals surface area contributed by atoms with Gasteiger partial charge in [-0.3, -0.25) is 9.69 Å². The monoisotopic (exact) mass is 407 g/mol. The molecule has 0 saturated carbocycles. The number of nitrogens with one attached hydrogen (secondary N) is 1. The topological polar surface area (TPSA) is 67.6 Å². The zero-order chi connectivity index (χ0) is 21.5. The SMILES string of the molecule is CN/C=C(\N)c1ccc(Cc2cc(C=O)c(CN(C)CC3CCCO3)cc2C)cc1. The maximum absolute atomic E-state index is 11.8. The Morgan fingerprint density at radius 3 is 2.67 bits per heavy atom. The van der Waals surface area contributed by atoms with Crippen LogP contribution in [0.5, 0.6) is 0 Å². The van der Waals surface area contributed by atoms with Gasteiger partial charge >= 0.3 is 0 Å². The van der Waals surface area contributed by atoms with Crippen LogP contribution in [0.15, 0.2) is 42.6 Å². The molecule has 3 N–H and O–H groups in total. The predicted octanol–water partition coefficient (Wildman–Crippen LogP) is 3.49. The fourth-order valence-electron chi connectivity index (χ4n) is 4.03. The third-order valence-electron chi connectivity index (χ3n) is 5.69. The maximum Gasteiger partial charge on any atom is 0.150 e. The molecule has 1 aliphatic rings. The summed E-state index contributed by atoms with van der Waals surface area (Å²) in [6.45, 7) is 4.64. The lowest BCUT2D eigenvalue weighted by molar-refractivity contribution is 0.0792. The first-order valence-electron chi connectivity index (χ1n) is 10.6. The van der Waals surface area contributed by atoms with Gasteiger partial charge in [0, 0.05) is 38.5 Å². The van der Waals surface area contributed by atoms with E-state index in [1.165, 1.54) is 16.7 Å². The summed E-state index contributed by atoms with van der Waals surface area (Å²) in [4.78, 5) is 14.0. The third-order valence-corrected chi connectivity index (χ3v) is 5.69. The van der Waals surface area contributed by atoms with Gasteiger partial charge in [0.1, 0.15) is 6.29 Å². The summed E-state index contributed by atoms with van der Waals surface area (Å²) in [6.07, 6.45) is 6.13.